The summed E-state index contributed by atoms with van der Waals surface area (Å²) < 4.78 is 12.2. The quantitative estimate of drug-likeness (QED) is 0.786. The van der Waals surface area contributed by atoms with Gasteiger partial charge in [0.25, 0.3) is 0 Å². The highest BCUT2D eigenvalue weighted by molar-refractivity contribution is 5.50. The summed E-state index contributed by atoms with van der Waals surface area (Å²) in [5, 5.41) is 0. The van der Waals surface area contributed by atoms with Crippen LogP contribution in [-0.4, -0.2) is 11.7 Å². The average molecular weight is 262 g/mol. The minimum Gasteiger partial charge on any atom is -0.486 e. The summed E-state index contributed by atoms with van der Waals surface area (Å²) in [6.45, 7) is 12.8. The zero-order chi connectivity index (χ0) is 14.3. The average Bonchev–Trinajstić information content (AvgIpc) is 3.00. The summed E-state index contributed by atoms with van der Waals surface area (Å²) in [6, 6.07) is 6.22. The van der Waals surface area contributed by atoms with Crippen LogP contribution >= 0.6 is 0 Å². The smallest absolute Gasteiger partial charge is 0.165 e. The molecule has 0 heterocycles. The molecule has 0 amide bonds. The van der Waals surface area contributed by atoms with Crippen molar-refractivity contribution in [2.24, 2.45) is 0 Å². The molecule has 0 atom stereocenters. The van der Waals surface area contributed by atoms with Crippen LogP contribution in [0.4, 0.5) is 0 Å². The van der Waals surface area contributed by atoms with Crippen molar-refractivity contribution >= 4 is 0 Å². The second-order valence-electron chi connectivity index (χ2n) is 7.41. The van der Waals surface area contributed by atoms with Crippen LogP contribution in [-0.2, 0) is 5.41 Å². The number of para-hydroxylation sites is 1. The van der Waals surface area contributed by atoms with Crippen molar-refractivity contribution in [2.75, 3.05) is 0 Å². The van der Waals surface area contributed by atoms with Crippen molar-refractivity contribution in [3.05, 3.63) is 23.8 Å². The summed E-state index contributed by atoms with van der Waals surface area (Å²) in [7, 11) is 0. The van der Waals surface area contributed by atoms with E-state index in [2.05, 4.69) is 53.7 Å². The molecule has 0 unspecified atom stereocenters. The highest BCUT2D eigenvalue weighted by Gasteiger charge is 2.30. The van der Waals surface area contributed by atoms with Gasteiger partial charge in [0.1, 0.15) is 5.60 Å². The maximum Gasteiger partial charge on any atom is 0.165 e. The van der Waals surface area contributed by atoms with Crippen LogP contribution in [0.15, 0.2) is 18.2 Å². The highest BCUT2D eigenvalue weighted by Crippen LogP contribution is 2.42. The van der Waals surface area contributed by atoms with E-state index in [1.807, 2.05) is 6.07 Å². The Morgan fingerprint density at radius 3 is 2.11 bits per heavy atom. The van der Waals surface area contributed by atoms with Gasteiger partial charge in [-0.05, 0) is 45.1 Å². The predicted molar refractivity (Wildman–Crippen MR) is 79.2 cm³/mol. The van der Waals surface area contributed by atoms with Crippen LogP contribution < -0.4 is 9.47 Å². The molecule has 1 aromatic carbocycles. The molecule has 2 nitrogen and oxygen atoms in total. The van der Waals surface area contributed by atoms with Crippen molar-refractivity contribution in [3.8, 4) is 11.5 Å². The predicted octanol–water partition coefficient (Wildman–Crippen LogP) is 4.70. The molecule has 0 spiro atoms. The molecule has 0 aliphatic heterocycles. The van der Waals surface area contributed by atoms with Gasteiger partial charge in [0.15, 0.2) is 11.5 Å². The maximum absolute atomic E-state index is 6.13. The largest absolute Gasteiger partial charge is 0.486 e. The Morgan fingerprint density at radius 1 is 1.00 bits per heavy atom. The molecule has 1 aliphatic rings. The van der Waals surface area contributed by atoms with Gasteiger partial charge < -0.3 is 9.47 Å². The SMILES string of the molecule is CC(C)(C)Oc1cccc(C(C)(C)C)c1OC1CC1. The fourth-order valence-electron chi connectivity index (χ4n) is 1.99. The highest BCUT2D eigenvalue weighted by atomic mass is 16.5. The summed E-state index contributed by atoms with van der Waals surface area (Å²) in [5.74, 6) is 1.80. The lowest BCUT2D eigenvalue weighted by atomic mass is 9.86. The van der Waals surface area contributed by atoms with E-state index in [1.54, 1.807) is 0 Å². The Morgan fingerprint density at radius 2 is 1.63 bits per heavy atom. The van der Waals surface area contributed by atoms with E-state index in [9.17, 15) is 0 Å². The third-order valence-corrected chi connectivity index (χ3v) is 3.01. The molecule has 0 N–H and O–H groups in total. The minimum atomic E-state index is -0.210. The van der Waals surface area contributed by atoms with E-state index < -0.39 is 0 Å². The molecule has 0 radical (unpaired) electrons. The normalized spacial score (nSPS) is 16.3. The Bertz CT molecular complexity index is 445. The van der Waals surface area contributed by atoms with Gasteiger partial charge in [-0.15, -0.1) is 0 Å². The van der Waals surface area contributed by atoms with Crippen molar-refractivity contribution in [1.82, 2.24) is 0 Å². The van der Waals surface area contributed by atoms with Crippen LogP contribution in [0.1, 0.15) is 59.9 Å². The van der Waals surface area contributed by atoms with Gasteiger partial charge in [0.05, 0.1) is 6.10 Å². The van der Waals surface area contributed by atoms with Gasteiger partial charge in [-0.2, -0.15) is 0 Å². The van der Waals surface area contributed by atoms with Crippen LogP contribution in [0.25, 0.3) is 0 Å². The Labute approximate surface area is 117 Å². The molecule has 0 aromatic heterocycles. The molecule has 1 fully saturated rings. The summed E-state index contributed by atoms with van der Waals surface area (Å²) >= 11 is 0. The molecular formula is C17H26O2. The van der Waals surface area contributed by atoms with Gasteiger partial charge in [-0.3, -0.25) is 0 Å². The lowest BCUT2D eigenvalue weighted by Gasteiger charge is -2.28. The Kier molecular flexibility index (Phi) is 3.55. The van der Waals surface area contributed by atoms with Gasteiger partial charge in [0, 0.05) is 5.56 Å². The second-order valence-corrected chi connectivity index (χ2v) is 7.41. The minimum absolute atomic E-state index is 0.0570. The summed E-state index contributed by atoms with van der Waals surface area (Å²) in [6.07, 6.45) is 2.70. The summed E-state index contributed by atoms with van der Waals surface area (Å²) in [4.78, 5) is 0. The van der Waals surface area contributed by atoms with Crippen LogP contribution in [0.5, 0.6) is 11.5 Å². The summed E-state index contributed by atoms with van der Waals surface area (Å²) in [5.41, 5.74) is 1.07. The molecule has 2 heteroatoms. The van der Waals surface area contributed by atoms with Crippen LogP contribution in [0.3, 0.4) is 0 Å². The number of ether oxygens (including phenoxy) is 2. The van der Waals surface area contributed by atoms with E-state index in [4.69, 9.17) is 9.47 Å². The number of benzene rings is 1. The molecule has 106 valence electrons. The second kappa shape index (κ2) is 4.73. The topological polar surface area (TPSA) is 18.5 Å². The molecule has 1 aliphatic carbocycles. The number of rotatable bonds is 3. The van der Waals surface area contributed by atoms with Gasteiger partial charge >= 0.3 is 0 Å². The van der Waals surface area contributed by atoms with E-state index in [0.717, 1.165) is 24.3 Å². The van der Waals surface area contributed by atoms with E-state index in [0.29, 0.717) is 6.10 Å². The van der Waals surface area contributed by atoms with E-state index in [-0.39, 0.29) is 11.0 Å². The fraction of sp³-hybridized carbons (Fsp3) is 0.647. The van der Waals surface area contributed by atoms with Crippen molar-refractivity contribution in [3.63, 3.8) is 0 Å². The molecule has 0 saturated heterocycles. The first-order valence-electron chi connectivity index (χ1n) is 7.16. The molecule has 19 heavy (non-hydrogen) atoms. The zero-order valence-corrected chi connectivity index (χ0v) is 13.0. The Hall–Kier alpha value is -1.18. The van der Waals surface area contributed by atoms with E-state index in [1.165, 1.54) is 5.56 Å². The third-order valence-electron chi connectivity index (χ3n) is 3.01. The van der Waals surface area contributed by atoms with Crippen molar-refractivity contribution in [2.45, 2.75) is 71.5 Å². The van der Waals surface area contributed by atoms with E-state index >= 15 is 0 Å². The van der Waals surface area contributed by atoms with Gasteiger partial charge in [-0.1, -0.05) is 32.9 Å². The first kappa shape index (κ1) is 14.2. The fourth-order valence-corrected chi connectivity index (χ4v) is 1.99. The lowest BCUT2D eigenvalue weighted by Crippen LogP contribution is -2.24. The maximum atomic E-state index is 6.13. The zero-order valence-electron chi connectivity index (χ0n) is 13.0. The molecular weight excluding hydrogens is 236 g/mol. The molecule has 0 bridgehead atoms. The third kappa shape index (κ3) is 3.89. The van der Waals surface area contributed by atoms with Crippen LogP contribution in [0.2, 0.25) is 0 Å². The lowest BCUT2D eigenvalue weighted by molar-refractivity contribution is 0.122. The standard InChI is InChI=1S/C17H26O2/c1-16(2,3)13-8-7-9-14(19-17(4,5)6)15(13)18-12-10-11-12/h7-9,12H,10-11H2,1-6H3. The molecule has 1 aromatic rings. The van der Waals surface area contributed by atoms with Crippen molar-refractivity contribution in [1.29, 1.82) is 0 Å². The molecule has 2 rings (SSSR count). The van der Waals surface area contributed by atoms with Gasteiger partial charge in [-0.25, -0.2) is 0 Å². The van der Waals surface area contributed by atoms with Crippen molar-refractivity contribution < 1.29 is 9.47 Å². The van der Waals surface area contributed by atoms with Crippen LogP contribution in [0, 0.1) is 0 Å². The Balaban J connectivity index is 2.40. The first-order valence-corrected chi connectivity index (χ1v) is 7.16. The number of hydrogen-bond acceptors (Lipinski definition) is 2. The monoisotopic (exact) mass is 262 g/mol. The number of hydrogen-bond donors (Lipinski definition) is 0. The van der Waals surface area contributed by atoms with Gasteiger partial charge in [0.2, 0.25) is 0 Å². The first-order chi connectivity index (χ1) is 8.67. The molecule has 1 saturated carbocycles.